The van der Waals surface area contributed by atoms with E-state index in [-0.39, 0.29) is 54.4 Å². The lowest BCUT2D eigenvalue weighted by Crippen LogP contribution is -2.62. The molecule has 1 saturated carbocycles. The minimum atomic E-state index is -1.10. The van der Waals surface area contributed by atoms with Crippen molar-refractivity contribution in [3.8, 4) is 0 Å². The zero-order valence-corrected chi connectivity index (χ0v) is 32.3. The Morgan fingerprint density at radius 2 is 1.66 bits per heavy atom. The van der Waals surface area contributed by atoms with Gasteiger partial charge >= 0.3 is 6.03 Å². The third-order valence-electron chi connectivity index (χ3n) is 10.9. The number of Topliss-reactive ketones (excluding diaryl/α,β-unsaturated/α-hetero) is 1. The second kappa shape index (κ2) is 15.3. The van der Waals surface area contributed by atoms with Crippen LogP contribution in [0.5, 0.6) is 0 Å². The summed E-state index contributed by atoms with van der Waals surface area (Å²) in [5, 5.41) is 22.8. The van der Waals surface area contributed by atoms with E-state index in [0.717, 1.165) is 23.7 Å². The molecule has 3 aliphatic rings. The number of ketones is 1. The van der Waals surface area contributed by atoms with Gasteiger partial charge in [0, 0.05) is 19.2 Å². The highest BCUT2D eigenvalue weighted by atomic mass is 16.5. The van der Waals surface area contributed by atoms with Crippen molar-refractivity contribution >= 4 is 41.4 Å². The molecule has 1 aromatic rings. The number of unbranched alkanes of at least 4 members (excludes halogenated alkanes) is 1. The van der Waals surface area contributed by atoms with Crippen molar-refractivity contribution < 1.29 is 38.3 Å². The molecule has 1 aliphatic carbocycles. The second-order valence-corrected chi connectivity index (χ2v) is 17.1. The highest BCUT2D eigenvalue weighted by Gasteiger charge is 2.70. The fraction of sp³-hybridized carbons (Fsp3) is 0.632. The van der Waals surface area contributed by atoms with Crippen molar-refractivity contribution in [2.24, 2.45) is 28.1 Å². The van der Waals surface area contributed by atoms with Gasteiger partial charge < -0.3 is 31.4 Å². The van der Waals surface area contributed by atoms with Gasteiger partial charge in [0.15, 0.2) is 12.4 Å². The molecule has 15 nitrogen and oxygen atoms in total. The molecule has 1 saturated heterocycles. The Bertz CT molecular complexity index is 1680. The molecule has 15 heteroatoms. The number of pyridine rings is 1. The van der Waals surface area contributed by atoms with Crippen LogP contribution >= 0.6 is 0 Å². The number of piperidine rings is 1. The summed E-state index contributed by atoms with van der Waals surface area (Å²) >= 11 is 0. The molecule has 0 spiro atoms. The molecule has 6 atom stereocenters. The highest BCUT2D eigenvalue weighted by molar-refractivity contribution is 6.38. The molecule has 4 rings (SSSR count). The number of carbonyl (C=O) groups is 7. The number of carbonyl (C=O) groups excluding carboxylic acids is 7. The molecular formula is C38H55N7O8. The van der Waals surface area contributed by atoms with Gasteiger partial charge in [0.25, 0.3) is 17.7 Å². The second-order valence-electron chi connectivity index (χ2n) is 17.1. The van der Waals surface area contributed by atoms with Gasteiger partial charge in [-0.1, -0.05) is 81.2 Å². The molecule has 0 bridgehead atoms. The Kier molecular flexibility index (Phi) is 11.8. The third kappa shape index (κ3) is 8.54. The first-order valence-corrected chi connectivity index (χ1v) is 18.3. The van der Waals surface area contributed by atoms with Gasteiger partial charge in [0.2, 0.25) is 17.6 Å². The fourth-order valence-electron chi connectivity index (χ4n) is 7.41. The predicted octanol–water partition coefficient (Wildman–Crippen LogP) is 2.07. The van der Waals surface area contributed by atoms with E-state index in [9.17, 15) is 38.8 Å². The standard InChI is InChI=1S/C38H55N7O8/c1-11-13-14-24(28(46)31(48)39-16-12-2)40-30(47)27-26-23(38(26,9)10)19-44(27)34(51)29(37(6,7)8)42-35(52)41-25(36(3,4)5)20-45-32(49)21-15-17-43(53)18-22(21)33(45)50/h12,15,17-18,23-27,29H,2,11,13-14,16,19-20H2,1,3-10H3,(H,39,48)(H,40,47)(H2,41,42,52)/t23-,24?,25+,26-,27-,29+/m0/s1. The Balaban J connectivity index is 1.53. The summed E-state index contributed by atoms with van der Waals surface area (Å²) in [6, 6.07) is -3.31. The Labute approximate surface area is 311 Å². The van der Waals surface area contributed by atoms with Crippen molar-refractivity contribution in [2.45, 2.75) is 106 Å². The van der Waals surface area contributed by atoms with E-state index in [1.54, 1.807) is 20.8 Å². The van der Waals surface area contributed by atoms with Crippen LogP contribution in [0.3, 0.4) is 0 Å². The lowest BCUT2D eigenvalue weighted by atomic mass is 9.85. The fourth-order valence-corrected chi connectivity index (χ4v) is 7.41. The van der Waals surface area contributed by atoms with Crippen molar-refractivity contribution in [3.63, 3.8) is 0 Å². The van der Waals surface area contributed by atoms with Gasteiger partial charge in [-0.05, 0) is 34.5 Å². The summed E-state index contributed by atoms with van der Waals surface area (Å²) in [4.78, 5) is 96.8. The van der Waals surface area contributed by atoms with Crippen LogP contribution in [-0.4, -0.2) is 95.0 Å². The van der Waals surface area contributed by atoms with Gasteiger partial charge in [-0.3, -0.25) is 33.7 Å². The maximum absolute atomic E-state index is 14.5. The lowest BCUT2D eigenvalue weighted by Gasteiger charge is -2.39. The van der Waals surface area contributed by atoms with Crippen LogP contribution in [0.1, 0.15) is 102 Å². The number of nitrogens with one attached hydrogen (secondary N) is 4. The molecule has 2 fully saturated rings. The van der Waals surface area contributed by atoms with Gasteiger partial charge in [-0.25, -0.2) is 4.79 Å². The first-order chi connectivity index (χ1) is 24.6. The predicted molar refractivity (Wildman–Crippen MR) is 195 cm³/mol. The molecule has 3 heterocycles. The number of amides is 7. The van der Waals surface area contributed by atoms with Crippen LogP contribution in [0.25, 0.3) is 0 Å². The summed E-state index contributed by atoms with van der Waals surface area (Å²) in [7, 11) is 0. The number of aromatic nitrogens is 1. The first kappa shape index (κ1) is 40.9. The SMILES string of the molecule is C=CCNC(=O)C(=O)C(CCCC)NC(=O)[C@@H]1[C@@H]2[C@H](CN1C(=O)[C@@H](NC(=O)N[C@H](CN1C(=O)c3cc[n+]([O-])cc3C1=O)C(C)(C)C)C(C)(C)C)C2(C)C. The van der Waals surface area contributed by atoms with Crippen LogP contribution in [0.4, 0.5) is 4.79 Å². The molecule has 0 aromatic carbocycles. The molecule has 290 valence electrons. The normalized spacial score (nSPS) is 21.9. The Hall–Kier alpha value is -4.82. The molecule has 2 aliphatic heterocycles. The number of likely N-dealkylation sites (tertiary alicyclic amines) is 1. The van der Waals surface area contributed by atoms with E-state index in [1.165, 1.54) is 17.0 Å². The highest BCUT2D eigenvalue weighted by Crippen LogP contribution is 2.65. The number of hydrogen-bond acceptors (Lipinski definition) is 8. The maximum atomic E-state index is 14.5. The topological polar surface area (TPSA) is 201 Å². The van der Waals surface area contributed by atoms with E-state index >= 15 is 0 Å². The monoisotopic (exact) mass is 737 g/mol. The maximum Gasteiger partial charge on any atom is 0.315 e. The molecule has 0 radical (unpaired) electrons. The van der Waals surface area contributed by atoms with E-state index in [0.29, 0.717) is 11.2 Å². The molecule has 53 heavy (non-hydrogen) atoms. The number of nitrogens with zero attached hydrogens (tertiary/aromatic N) is 3. The number of fused-ring (bicyclic) bond motifs is 2. The minimum absolute atomic E-state index is 0.0124. The van der Waals surface area contributed by atoms with E-state index in [1.807, 2.05) is 41.5 Å². The van der Waals surface area contributed by atoms with Crippen LogP contribution in [-0.2, 0) is 19.2 Å². The molecule has 7 amide bonds. The number of hydrogen-bond donors (Lipinski definition) is 4. The Morgan fingerprint density at radius 3 is 2.25 bits per heavy atom. The van der Waals surface area contributed by atoms with Gasteiger partial charge in [0.05, 0.1) is 24.2 Å². The third-order valence-corrected chi connectivity index (χ3v) is 10.9. The molecule has 1 aromatic heterocycles. The summed E-state index contributed by atoms with van der Waals surface area (Å²) in [6.45, 7) is 20.6. The number of urea groups is 1. The van der Waals surface area contributed by atoms with Crippen LogP contribution in [0.2, 0.25) is 0 Å². The average molecular weight is 738 g/mol. The van der Waals surface area contributed by atoms with Crippen LogP contribution < -0.4 is 26.0 Å². The zero-order chi connectivity index (χ0) is 39.8. The van der Waals surface area contributed by atoms with Gasteiger partial charge in [-0.15, -0.1) is 6.58 Å². The zero-order valence-electron chi connectivity index (χ0n) is 32.3. The van der Waals surface area contributed by atoms with Crippen molar-refractivity contribution in [1.82, 2.24) is 31.1 Å². The van der Waals surface area contributed by atoms with Crippen molar-refractivity contribution in [3.05, 3.63) is 47.4 Å². The van der Waals surface area contributed by atoms with Gasteiger partial charge in [0.1, 0.15) is 17.6 Å². The number of rotatable bonds is 14. The summed E-state index contributed by atoms with van der Waals surface area (Å²) in [5.41, 5.74) is -1.66. The largest absolute Gasteiger partial charge is 0.619 e. The molecular weight excluding hydrogens is 682 g/mol. The minimum Gasteiger partial charge on any atom is -0.619 e. The van der Waals surface area contributed by atoms with Gasteiger partial charge in [-0.2, -0.15) is 4.73 Å². The molecule has 4 N–H and O–H groups in total. The summed E-state index contributed by atoms with van der Waals surface area (Å²) in [5.74, 6) is -4.02. The van der Waals surface area contributed by atoms with E-state index in [2.05, 4.69) is 27.8 Å². The van der Waals surface area contributed by atoms with Crippen LogP contribution in [0, 0.1) is 33.3 Å². The smallest absolute Gasteiger partial charge is 0.315 e. The van der Waals surface area contributed by atoms with Crippen molar-refractivity contribution in [1.29, 1.82) is 0 Å². The van der Waals surface area contributed by atoms with E-state index in [4.69, 9.17) is 0 Å². The van der Waals surface area contributed by atoms with Crippen LogP contribution in [0.15, 0.2) is 31.1 Å². The summed E-state index contributed by atoms with van der Waals surface area (Å²) in [6.07, 6.45) is 5.20. The Morgan fingerprint density at radius 1 is 1.02 bits per heavy atom. The molecule has 1 unspecified atom stereocenters. The quantitative estimate of drug-likeness (QED) is 0.0731. The lowest BCUT2D eigenvalue weighted by molar-refractivity contribution is -0.605. The average Bonchev–Trinajstić information content (AvgIpc) is 3.32. The first-order valence-electron chi connectivity index (χ1n) is 18.3. The van der Waals surface area contributed by atoms with Crippen molar-refractivity contribution in [2.75, 3.05) is 19.6 Å². The van der Waals surface area contributed by atoms with E-state index < -0.39 is 76.3 Å². The number of imide groups is 1. The summed E-state index contributed by atoms with van der Waals surface area (Å²) < 4.78 is 0.442.